The van der Waals surface area contributed by atoms with Gasteiger partial charge >= 0.3 is 5.97 Å². The zero-order valence-electron chi connectivity index (χ0n) is 18.4. The number of carboxylic acid groups (broad SMARTS) is 1. The SMILES string of the molecule is Cc1cc(OC2CCN(CC3CCN(c4cc(Cl)ccc4C(=O)O)CC3)CC2)ccc1Cl. The molecule has 2 fully saturated rings. The first kappa shape index (κ1) is 23.2. The third-order valence-corrected chi connectivity index (χ3v) is 7.29. The Labute approximate surface area is 199 Å². The molecule has 0 amide bonds. The van der Waals surface area contributed by atoms with Gasteiger partial charge in [0.25, 0.3) is 0 Å². The fourth-order valence-corrected chi connectivity index (χ4v) is 5.05. The monoisotopic (exact) mass is 476 g/mol. The maximum atomic E-state index is 11.6. The number of carboxylic acids is 1. The van der Waals surface area contributed by atoms with Crippen LogP contribution in [0.3, 0.4) is 0 Å². The maximum absolute atomic E-state index is 11.6. The fourth-order valence-electron chi connectivity index (χ4n) is 4.76. The highest BCUT2D eigenvalue weighted by atomic mass is 35.5. The molecule has 0 aromatic heterocycles. The molecule has 2 aromatic rings. The second kappa shape index (κ2) is 10.3. The molecule has 2 aliphatic rings. The Kier molecular flexibility index (Phi) is 7.49. The van der Waals surface area contributed by atoms with Crippen molar-refractivity contribution in [3.05, 3.63) is 57.6 Å². The molecule has 2 aromatic carbocycles. The normalized spacial score (nSPS) is 18.7. The summed E-state index contributed by atoms with van der Waals surface area (Å²) in [6.45, 7) is 6.92. The van der Waals surface area contributed by atoms with E-state index in [4.69, 9.17) is 27.9 Å². The predicted molar refractivity (Wildman–Crippen MR) is 130 cm³/mol. The Bertz CT molecular complexity index is 952. The predicted octanol–water partition coefficient (Wildman–Crippen LogP) is 5.76. The van der Waals surface area contributed by atoms with E-state index in [0.717, 1.165) is 80.4 Å². The Balaban J connectivity index is 1.24. The summed E-state index contributed by atoms with van der Waals surface area (Å²) < 4.78 is 6.18. The van der Waals surface area contributed by atoms with Crippen LogP contribution in [0.4, 0.5) is 5.69 Å². The molecule has 4 rings (SSSR count). The van der Waals surface area contributed by atoms with Gasteiger partial charge in [0.05, 0.1) is 11.3 Å². The van der Waals surface area contributed by atoms with E-state index in [1.54, 1.807) is 18.2 Å². The zero-order valence-corrected chi connectivity index (χ0v) is 19.9. The minimum atomic E-state index is -0.905. The van der Waals surface area contributed by atoms with Gasteiger partial charge in [-0.15, -0.1) is 0 Å². The first-order chi connectivity index (χ1) is 15.4. The van der Waals surface area contributed by atoms with Gasteiger partial charge in [-0.3, -0.25) is 0 Å². The van der Waals surface area contributed by atoms with E-state index >= 15 is 0 Å². The van der Waals surface area contributed by atoms with Crippen molar-refractivity contribution in [3.63, 3.8) is 0 Å². The van der Waals surface area contributed by atoms with Crippen LogP contribution in [0.15, 0.2) is 36.4 Å². The van der Waals surface area contributed by atoms with Crippen molar-refractivity contribution in [2.45, 2.75) is 38.7 Å². The number of carbonyl (C=O) groups is 1. The minimum Gasteiger partial charge on any atom is -0.490 e. The average molecular weight is 477 g/mol. The van der Waals surface area contributed by atoms with E-state index < -0.39 is 5.97 Å². The molecule has 2 heterocycles. The van der Waals surface area contributed by atoms with Crippen molar-refractivity contribution in [3.8, 4) is 5.75 Å². The lowest BCUT2D eigenvalue weighted by molar-refractivity contribution is 0.0697. The van der Waals surface area contributed by atoms with Gasteiger partial charge in [0.1, 0.15) is 11.9 Å². The number of anilines is 1. The second-order valence-corrected chi connectivity index (χ2v) is 9.77. The number of aromatic carboxylic acids is 1. The first-order valence-electron chi connectivity index (χ1n) is 11.3. The van der Waals surface area contributed by atoms with Gasteiger partial charge < -0.3 is 19.6 Å². The van der Waals surface area contributed by atoms with Crippen LogP contribution in [0.25, 0.3) is 0 Å². The third-order valence-electron chi connectivity index (χ3n) is 6.63. The molecule has 0 spiro atoms. The van der Waals surface area contributed by atoms with E-state index in [1.165, 1.54) is 0 Å². The van der Waals surface area contributed by atoms with Gasteiger partial charge in [-0.05, 0) is 80.5 Å². The lowest BCUT2D eigenvalue weighted by Gasteiger charge is -2.38. The molecule has 0 saturated carbocycles. The van der Waals surface area contributed by atoms with Crippen LogP contribution in [0.2, 0.25) is 10.0 Å². The van der Waals surface area contributed by atoms with Crippen LogP contribution in [0.1, 0.15) is 41.6 Å². The Morgan fingerprint density at radius 1 is 1.03 bits per heavy atom. The number of hydrogen-bond acceptors (Lipinski definition) is 4. The molecule has 0 atom stereocenters. The van der Waals surface area contributed by atoms with Gasteiger partial charge in [0.2, 0.25) is 0 Å². The Hall–Kier alpha value is -1.95. The number of likely N-dealkylation sites (tertiary alicyclic amines) is 1. The number of ether oxygens (including phenoxy) is 1. The molecule has 7 heteroatoms. The van der Waals surface area contributed by atoms with Gasteiger partial charge in [-0.2, -0.15) is 0 Å². The molecular weight excluding hydrogens is 447 g/mol. The summed E-state index contributed by atoms with van der Waals surface area (Å²) in [5.74, 6) is 0.632. The quantitative estimate of drug-likeness (QED) is 0.574. The third kappa shape index (κ3) is 5.69. The molecule has 2 saturated heterocycles. The van der Waals surface area contributed by atoms with Crippen LogP contribution >= 0.6 is 23.2 Å². The Morgan fingerprint density at radius 2 is 1.75 bits per heavy atom. The van der Waals surface area contributed by atoms with E-state index in [9.17, 15) is 9.90 Å². The number of nitrogens with zero attached hydrogens (tertiary/aromatic N) is 2. The standard InChI is InChI=1S/C25H30Cl2N2O3/c1-17-14-21(3-5-23(17)27)32-20-8-10-28(11-9-20)16-18-6-12-29(13-7-18)24-15-19(26)2-4-22(24)25(30)31/h2-5,14-15,18,20H,6-13,16H2,1H3,(H,30,31). The summed E-state index contributed by atoms with van der Waals surface area (Å²) in [6, 6.07) is 10.9. The lowest BCUT2D eigenvalue weighted by atomic mass is 9.94. The summed E-state index contributed by atoms with van der Waals surface area (Å²) in [5.41, 5.74) is 2.10. The van der Waals surface area contributed by atoms with Crippen molar-refractivity contribution in [1.29, 1.82) is 0 Å². The van der Waals surface area contributed by atoms with E-state index in [0.29, 0.717) is 16.5 Å². The first-order valence-corrected chi connectivity index (χ1v) is 12.1. The summed E-state index contributed by atoms with van der Waals surface area (Å²) >= 11 is 12.2. The minimum absolute atomic E-state index is 0.256. The number of rotatable bonds is 6. The van der Waals surface area contributed by atoms with E-state index in [1.807, 2.05) is 25.1 Å². The topological polar surface area (TPSA) is 53.0 Å². The van der Waals surface area contributed by atoms with E-state index in [2.05, 4.69) is 9.80 Å². The lowest BCUT2D eigenvalue weighted by Crippen LogP contribution is -2.43. The highest BCUT2D eigenvalue weighted by molar-refractivity contribution is 6.31. The van der Waals surface area contributed by atoms with Crippen LogP contribution in [-0.4, -0.2) is 54.8 Å². The van der Waals surface area contributed by atoms with Crippen molar-refractivity contribution in [1.82, 2.24) is 4.90 Å². The fraction of sp³-hybridized carbons (Fsp3) is 0.480. The summed E-state index contributed by atoms with van der Waals surface area (Å²) in [6.07, 6.45) is 4.44. The summed E-state index contributed by atoms with van der Waals surface area (Å²) in [7, 11) is 0. The molecule has 32 heavy (non-hydrogen) atoms. The molecule has 0 aliphatic carbocycles. The molecule has 0 bridgehead atoms. The molecular formula is C25H30Cl2N2O3. The average Bonchev–Trinajstić information content (AvgIpc) is 2.78. The second-order valence-electron chi connectivity index (χ2n) is 8.93. The molecule has 5 nitrogen and oxygen atoms in total. The summed E-state index contributed by atoms with van der Waals surface area (Å²) in [5, 5.41) is 10.8. The number of hydrogen-bond donors (Lipinski definition) is 1. The van der Waals surface area contributed by atoms with Gasteiger partial charge in [0, 0.05) is 42.8 Å². The van der Waals surface area contributed by atoms with Crippen molar-refractivity contribution in [2.24, 2.45) is 5.92 Å². The van der Waals surface area contributed by atoms with Crippen LogP contribution in [0, 0.1) is 12.8 Å². The highest BCUT2D eigenvalue weighted by Gasteiger charge is 2.27. The number of aryl methyl sites for hydroxylation is 1. The number of benzene rings is 2. The van der Waals surface area contributed by atoms with Crippen LogP contribution < -0.4 is 9.64 Å². The zero-order chi connectivity index (χ0) is 22.7. The molecule has 2 aliphatic heterocycles. The largest absolute Gasteiger partial charge is 0.490 e. The maximum Gasteiger partial charge on any atom is 0.337 e. The molecule has 1 N–H and O–H groups in total. The van der Waals surface area contributed by atoms with Crippen LogP contribution in [0.5, 0.6) is 5.75 Å². The summed E-state index contributed by atoms with van der Waals surface area (Å²) in [4.78, 5) is 16.3. The van der Waals surface area contributed by atoms with Crippen molar-refractivity contribution >= 4 is 34.9 Å². The smallest absolute Gasteiger partial charge is 0.337 e. The number of halogens is 2. The highest BCUT2D eigenvalue weighted by Crippen LogP contribution is 2.30. The van der Waals surface area contributed by atoms with Gasteiger partial charge in [-0.25, -0.2) is 4.79 Å². The van der Waals surface area contributed by atoms with Gasteiger partial charge in [-0.1, -0.05) is 23.2 Å². The van der Waals surface area contributed by atoms with Crippen LogP contribution in [-0.2, 0) is 0 Å². The van der Waals surface area contributed by atoms with E-state index in [-0.39, 0.29) is 6.10 Å². The van der Waals surface area contributed by atoms with Gasteiger partial charge in [0.15, 0.2) is 0 Å². The molecule has 0 radical (unpaired) electrons. The van der Waals surface area contributed by atoms with Crippen molar-refractivity contribution in [2.75, 3.05) is 37.6 Å². The Morgan fingerprint density at radius 3 is 2.41 bits per heavy atom. The molecule has 0 unspecified atom stereocenters. The van der Waals surface area contributed by atoms with Crippen molar-refractivity contribution < 1.29 is 14.6 Å². The number of piperidine rings is 2. The molecule has 172 valence electrons.